The Morgan fingerprint density at radius 2 is 1.75 bits per heavy atom. The van der Waals surface area contributed by atoms with Gasteiger partial charge in [-0.05, 0) is 43.5 Å². The first-order valence-electron chi connectivity index (χ1n) is 7.48. The van der Waals surface area contributed by atoms with Gasteiger partial charge in [-0.25, -0.2) is 0 Å². The maximum Gasteiger partial charge on any atom is 0.160 e. The van der Waals surface area contributed by atoms with Crippen molar-refractivity contribution in [1.29, 1.82) is 0 Å². The summed E-state index contributed by atoms with van der Waals surface area (Å²) in [4.78, 5) is 0. The van der Waals surface area contributed by atoms with Gasteiger partial charge < -0.3 is 14.8 Å². The van der Waals surface area contributed by atoms with Crippen molar-refractivity contribution in [2.45, 2.75) is 45.6 Å². The zero-order chi connectivity index (χ0) is 15.0. The molecule has 0 aliphatic heterocycles. The summed E-state index contributed by atoms with van der Waals surface area (Å²) in [5.41, 5.74) is 1.28. The lowest BCUT2D eigenvalue weighted by atomic mass is 9.98. The summed E-state index contributed by atoms with van der Waals surface area (Å²) >= 11 is 0. The third-order valence-electron chi connectivity index (χ3n) is 3.67. The van der Waals surface area contributed by atoms with Crippen molar-refractivity contribution in [2.75, 3.05) is 21.3 Å². The largest absolute Gasteiger partial charge is 0.493 e. The van der Waals surface area contributed by atoms with E-state index in [1.54, 1.807) is 14.2 Å². The van der Waals surface area contributed by atoms with Crippen LogP contribution in [-0.4, -0.2) is 27.3 Å². The van der Waals surface area contributed by atoms with Crippen LogP contribution in [0.2, 0.25) is 0 Å². The summed E-state index contributed by atoms with van der Waals surface area (Å²) in [5, 5.41) is 3.42. The molecule has 0 saturated heterocycles. The second-order valence-electron chi connectivity index (χ2n) is 5.70. The molecule has 1 unspecified atom stereocenters. The average molecular weight is 279 g/mol. The van der Waals surface area contributed by atoms with Gasteiger partial charge >= 0.3 is 0 Å². The third kappa shape index (κ3) is 5.41. The van der Waals surface area contributed by atoms with Gasteiger partial charge in [-0.2, -0.15) is 0 Å². The predicted octanol–water partition coefficient (Wildman–Crippen LogP) is 3.66. The molecule has 1 N–H and O–H groups in total. The zero-order valence-electron chi connectivity index (χ0n) is 13.5. The fourth-order valence-electron chi connectivity index (χ4n) is 2.41. The fourth-order valence-corrected chi connectivity index (χ4v) is 2.41. The van der Waals surface area contributed by atoms with Gasteiger partial charge in [0.25, 0.3) is 0 Å². The standard InChI is InChI=1S/C17H29NO2/c1-13(2)7-6-8-15(18-3)11-14-9-10-16(19-4)17(12-14)20-5/h9-10,12-13,15,18H,6-8,11H2,1-5H3. The van der Waals surface area contributed by atoms with Gasteiger partial charge in [-0.3, -0.25) is 0 Å². The van der Waals surface area contributed by atoms with Crippen LogP contribution in [0.4, 0.5) is 0 Å². The van der Waals surface area contributed by atoms with Gasteiger partial charge in [0.15, 0.2) is 11.5 Å². The topological polar surface area (TPSA) is 30.5 Å². The number of likely N-dealkylation sites (N-methyl/N-ethyl adjacent to an activating group) is 1. The van der Waals surface area contributed by atoms with Crippen molar-refractivity contribution in [3.63, 3.8) is 0 Å². The van der Waals surface area contributed by atoms with E-state index in [-0.39, 0.29) is 0 Å². The number of ether oxygens (including phenoxy) is 2. The summed E-state index contributed by atoms with van der Waals surface area (Å²) < 4.78 is 10.6. The van der Waals surface area contributed by atoms with Crippen LogP contribution < -0.4 is 14.8 Å². The first kappa shape index (κ1) is 16.8. The summed E-state index contributed by atoms with van der Waals surface area (Å²) in [6.45, 7) is 4.56. The second-order valence-corrected chi connectivity index (χ2v) is 5.70. The van der Waals surface area contributed by atoms with E-state index in [4.69, 9.17) is 9.47 Å². The number of methoxy groups -OCH3 is 2. The Morgan fingerprint density at radius 3 is 2.30 bits per heavy atom. The van der Waals surface area contributed by atoms with Crippen LogP contribution in [0.5, 0.6) is 11.5 Å². The summed E-state index contributed by atoms with van der Waals surface area (Å²) in [6.07, 6.45) is 4.80. The number of benzene rings is 1. The van der Waals surface area contributed by atoms with Crippen LogP contribution in [0.1, 0.15) is 38.7 Å². The minimum absolute atomic E-state index is 0.520. The molecule has 0 aliphatic rings. The van der Waals surface area contributed by atoms with Crippen molar-refractivity contribution in [2.24, 2.45) is 5.92 Å². The second kappa shape index (κ2) is 8.85. The molecule has 0 heterocycles. The van der Waals surface area contributed by atoms with Gasteiger partial charge in [0, 0.05) is 6.04 Å². The Morgan fingerprint density at radius 1 is 1.05 bits per heavy atom. The van der Waals surface area contributed by atoms with E-state index in [1.807, 2.05) is 13.1 Å². The molecule has 0 amide bonds. The monoisotopic (exact) mass is 279 g/mol. The minimum Gasteiger partial charge on any atom is -0.493 e. The SMILES string of the molecule is CNC(CCCC(C)C)Cc1ccc(OC)c(OC)c1. The molecule has 1 rings (SSSR count). The van der Waals surface area contributed by atoms with Gasteiger partial charge in [0.05, 0.1) is 14.2 Å². The molecule has 0 saturated carbocycles. The maximum atomic E-state index is 5.36. The molecule has 1 aromatic carbocycles. The Hall–Kier alpha value is -1.22. The molecule has 3 heteroatoms. The molecular weight excluding hydrogens is 250 g/mol. The van der Waals surface area contributed by atoms with Crippen molar-refractivity contribution in [3.8, 4) is 11.5 Å². The lowest BCUT2D eigenvalue weighted by Gasteiger charge is -2.18. The van der Waals surface area contributed by atoms with E-state index in [2.05, 4.69) is 31.3 Å². The highest BCUT2D eigenvalue weighted by Crippen LogP contribution is 2.28. The first-order valence-corrected chi connectivity index (χ1v) is 7.48. The average Bonchev–Trinajstić information content (AvgIpc) is 2.45. The number of rotatable bonds is 9. The minimum atomic E-state index is 0.520. The first-order chi connectivity index (χ1) is 9.60. The molecule has 20 heavy (non-hydrogen) atoms. The van der Waals surface area contributed by atoms with E-state index < -0.39 is 0 Å². The van der Waals surface area contributed by atoms with Crippen molar-refractivity contribution >= 4 is 0 Å². The molecule has 3 nitrogen and oxygen atoms in total. The van der Waals surface area contributed by atoms with Crippen LogP contribution in [0.25, 0.3) is 0 Å². The molecule has 114 valence electrons. The fraction of sp³-hybridized carbons (Fsp3) is 0.647. The lowest BCUT2D eigenvalue weighted by molar-refractivity contribution is 0.354. The van der Waals surface area contributed by atoms with E-state index in [9.17, 15) is 0 Å². The van der Waals surface area contributed by atoms with Crippen LogP contribution in [0.3, 0.4) is 0 Å². The molecular formula is C17H29NO2. The van der Waals surface area contributed by atoms with Crippen molar-refractivity contribution in [3.05, 3.63) is 23.8 Å². The van der Waals surface area contributed by atoms with Gasteiger partial charge in [0.1, 0.15) is 0 Å². The highest BCUT2D eigenvalue weighted by atomic mass is 16.5. The van der Waals surface area contributed by atoms with Crippen molar-refractivity contribution < 1.29 is 9.47 Å². The quantitative estimate of drug-likeness (QED) is 0.748. The van der Waals surface area contributed by atoms with E-state index in [0.717, 1.165) is 23.8 Å². The molecule has 0 radical (unpaired) electrons. The Balaban J connectivity index is 2.60. The Bertz CT molecular complexity index is 391. The van der Waals surface area contributed by atoms with E-state index in [0.29, 0.717) is 6.04 Å². The Kier molecular flexibility index (Phi) is 7.45. The molecule has 1 aromatic rings. The highest BCUT2D eigenvalue weighted by Gasteiger charge is 2.10. The zero-order valence-corrected chi connectivity index (χ0v) is 13.5. The number of nitrogens with one attached hydrogen (secondary N) is 1. The smallest absolute Gasteiger partial charge is 0.160 e. The molecule has 0 aliphatic carbocycles. The summed E-state index contributed by atoms with van der Waals surface area (Å²) in [7, 11) is 5.39. The Labute approximate surface area is 123 Å². The van der Waals surface area contributed by atoms with Crippen LogP contribution in [0, 0.1) is 5.92 Å². The van der Waals surface area contributed by atoms with Gasteiger partial charge in [0.2, 0.25) is 0 Å². The molecule has 0 spiro atoms. The molecule has 0 fully saturated rings. The van der Waals surface area contributed by atoms with E-state index >= 15 is 0 Å². The highest BCUT2D eigenvalue weighted by molar-refractivity contribution is 5.43. The maximum absolute atomic E-state index is 5.36. The predicted molar refractivity (Wildman–Crippen MR) is 84.8 cm³/mol. The molecule has 0 bridgehead atoms. The molecule has 0 aromatic heterocycles. The third-order valence-corrected chi connectivity index (χ3v) is 3.67. The van der Waals surface area contributed by atoms with Crippen molar-refractivity contribution in [1.82, 2.24) is 5.32 Å². The van der Waals surface area contributed by atoms with Crippen LogP contribution in [-0.2, 0) is 6.42 Å². The van der Waals surface area contributed by atoms with Gasteiger partial charge in [-0.15, -0.1) is 0 Å². The van der Waals surface area contributed by atoms with Crippen LogP contribution >= 0.6 is 0 Å². The normalized spacial score (nSPS) is 12.5. The number of hydrogen-bond donors (Lipinski definition) is 1. The number of hydrogen-bond acceptors (Lipinski definition) is 3. The van der Waals surface area contributed by atoms with Crippen LogP contribution in [0.15, 0.2) is 18.2 Å². The summed E-state index contributed by atoms with van der Waals surface area (Å²) in [5.74, 6) is 2.38. The molecule has 1 atom stereocenters. The van der Waals surface area contributed by atoms with E-state index in [1.165, 1.54) is 24.8 Å². The summed E-state index contributed by atoms with van der Waals surface area (Å²) in [6, 6.07) is 6.70. The van der Waals surface area contributed by atoms with Gasteiger partial charge in [-0.1, -0.05) is 32.8 Å². The lowest BCUT2D eigenvalue weighted by Crippen LogP contribution is -2.27.